The Morgan fingerprint density at radius 1 is 1.60 bits per heavy atom. The van der Waals surface area contributed by atoms with E-state index in [1.807, 2.05) is 0 Å². The molecular formula is C7H13NO2. The predicted molar refractivity (Wildman–Crippen MR) is 37.5 cm³/mol. The van der Waals surface area contributed by atoms with Crippen molar-refractivity contribution in [3.63, 3.8) is 0 Å². The maximum absolute atomic E-state index is 10.3. The van der Waals surface area contributed by atoms with Crippen molar-refractivity contribution >= 4 is 6.09 Å². The highest BCUT2D eigenvalue weighted by Gasteiger charge is 2.23. The number of ether oxygens (including phenoxy) is 1. The van der Waals surface area contributed by atoms with E-state index in [1.165, 1.54) is 0 Å². The first-order valence-corrected chi connectivity index (χ1v) is 3.64. The summed E-state index contributed by atoms with van der Waals surface area (Å²) < 4.78 is 4.82. The number of nitrogens with two attached hydrogens (primary N) is 1. The highest BCUT2D eigenvalue weighted by molar-refractivity contribution is 5.64. The number of amides is 1. The van der Waals surface area contributed by atoms with Crippen LogP contribution in [0.2, 0.25) is 0 Å². The van der Waals surface area contributed by atoms with Gasteiger partial charge in [0.05, 0.1) is 0 Å². The lowest BCUT2D eigenvalue weighted by Gasteiger charge is -2.07. The molecule has 2 unspecified atom stereocenters. The topological polar surface area (TPSA) is 52.3 Å². The van der Waals surface area contributed by atoms with Crippen LogP contribution in [0, 0.1) is 5.92 Å². The Labute approximate surface area is 60.5 Å². The van der Waals surface area contributed by atoms with Gasteiger partial charge in [0.2, 0.25) is 0 Å². The van der Waals surface area contributed by atoms with Crippen molar-refractivity contribution in [3.8, 4) is 0 Å². The Bertz CT molecular complexity index is 136. The Hall–Kier alpha value is -0.730. The van der Waals surface area contributed by atoms with E-state index in [9.17, 15) is 4.79 Å². The van der Waals surface area contributed by atoms with Crippen molar-refractivity contribution in [2.24, 2.45) is 11.7 Å². The summed E-state index contributed by atoms with van der Waals surface area (Å²) in [6.07, 6.45) is 2.55. The molecule has 1 fully saturated rings. The Morgan fingerprint density at radius 2 is 2.30 bits per heavy atom. The zero-order chi connectivity index (χ0) is 7.56. The first-order valence-electron chi connectivity index (χ1n) is 3.64. The van der Waals surface area contributed by atoms with Gasteiger partial charge in [0.25, 0.3) is 0 Å². The molecule has 0 spiro atoms. The minimum absolute atomic E-state index is 0.0903. The summed E-state index contributed by atoms with van der Waals surface area (Å²) >= 11 is 0. The van der Waals surface area contributed by atoms with Crippen molar-refractivity contribution in [2.75, 3.05) is 0 Å². The third kappa shape index (κ3) is 1.90. The smallest absolute Gasteiger partial charge is 0.404 e. The third-order valence-electron chi connectivity index (χ3n) is 1.93. The van der Waals surface area contributed by atoms with Gasteiger partial charge in [-0.3, -0.25) is 0 Å². The van der Waals surface area contributed by atoms with E-state index < -0.39 is 6.09 Å². The van der Waals surface area contributed by atoms with Crippen molar-refractivity contribution in [3.05, 3.63) is 0 Å². The Morgan fingerprint density at radius 3 is 2.70 bits per heavy atom. The van der Waals surface area contributed by atoms with E-state index in [0.29, 0.717) is 5.92 Å². The highest BCUT2D eigenvalue weighted by Crippen LogP contribution is 2.26. The SMILES string of the molecule is CC1CCC(OC(N)=O)C1. The molecule has 1 saturated carbocycles. The third-order valence-corrected chi connectivity index (χ3v) is 1.93. The first-order chi connectivity index (χ1) is 4.68. The molecule has 0 aliphatic heterocycles. The minimum Gasteiger partial charge on any atom is -0.446 e. The van der Waals surface area contributed by atoms with Crippen molar-refractivity contribution in [1.82, 2.24) is 0 Å². The van der Waals surface area contributed by atoms with Gasteiger partial charge in [-0.2, -0.15) is 0 Å². The number of carbonyl (C=O) groups is 1. The number of hydrogen-bond donors (Lipinski definition) is 1. The van der Waals surface area contributed by atoms with Crippen LogP contribution in [0.5, 0.6) is 0 Å². The fourth-order valence-corrected chi connectivity index (χ4v) is 1.43. The number of primary amides is 1. The molecule has 0 aromatic rings. The highest BCUT2D eigenvalue weighted by atomic mass is 16.6. The second-order valence-corrected chi connectivity index (χ2v) is 2.98. The van der Waals surface area contributed by atoms with E-state index in [-0.39, 0.29) is 6.10 Å². The molecule has 2 atom stereocenters. The molecule has 0 heterocycles. The molecule has 3 heteroatoms. The summed E-state index contributed by atoms with van der Waals surface area (Å²) in [7, 11) is 0. The van der Waals surface area contributed by atoms with Gasteiger partial charge in [-0.15, -0.1) is 0 Å². The maximum atomic E-state index is 10.3. The molecule has 1 aliphatic carbocycles. The fraction of sp³-hybridized carbons (Fsp3) is 0.857. The molecule has 1 aliphatic rings. The minimum atomic E-state index is -0.640. The van der Waals surface area contributed by atoms with Crippen molar-refractivity contribution < 1.29 is 9.53 Å². The molecule has 10 heavy (non-hydrogen) atoms. The lowest BCUT2D eigenvalue weighted by molar-refractivity contribution is 0.108. The van der Waals surface area contributed by atoms with Crippen molar-refractivity contribution in [1.29, 1.82) is 0 Å². The molecule has 1 amide bonds. The van der Waals surface area contributed by atoms with E-state index in [2.05, 4.69) is 6.92 Å². The Kier molecular flexibility index (Phi) is 2.14. The van der Waals surface area contributed by atoms with Crippen LogP contribution in [0.3, 0.4) is 0 Å². The second-order valence-electron chi connectivity index (χ2n) is 2.98. The molecule has 2 N–H and O–H groups in total. The lowest BCUT2D eigenvalue weighted by Crippen LogP contribution is -2.20. The van der Waals surface area contributed by atoms with E-state index >= 15 is 0 Å². The molecule has 58 valence electrons. The largest absolute Gasteiger partial charge is 0.446 e. The fourth-order valence-electron chi connectivity index (χ4n) is 1.43. The van der Waals surface area contributed by atoms with E-state index in [4.69, 9.17) is 10.5 Å². The predicted octanol–water partition coefficient (Wildman–Crippen LogP) is 1.27. The molecule has 3 nitrogen and oxygen atoms in total. The maximum Gasteiger partial charge on any atom is 0.404 e. The normalized spacial score (nSPS) is 32.1. The van der Waals surface area contributed by atoms with Gasteiger partial charge in [0, 0.05) is 0 Å². The molecule has 0 bridgehead atoms. The van der Waals surface area contributed by atoms with Crippen LogP contribution in [0.4, 0.5) is 4.79 Å². The Balaban J connectivity index is 2.24. The molecule has 0 saturated heterocycles. The zero-order valence-corrected chi connectivity index (χ0v) is 6.17. The zero-order valence-electron chi connectivity index (χ0n) is 6.17. The van der Waals surface area contributed by atoms with E-state index in [0.717, 1.165) is 19.3 Å². The van der Waals surface area contributed by atoms with Gasteiger partial charge in [-0.05, 0) is 25.2 Å². The molecule has 0 aromatic heterocycles. The van der Waals surface area contributed by atoms with Crippen LogP contribution < -0.4 is 5.73 Å². The summed E-state index contributed by atoms with van der Waals surface area (Å²) in [6.45, 7) is 2.16. The summed E-state index contributed by atoms with van der Waals surface area (Å²) in [4.78, 5) is 10.3. The van der Waals surface area contributed by atoms with Gasteiger partial charge >= 0.3 is 6.09 Å². The van der Waals surface area contributed by atoms with Gasteiger partial charge < -0.3 is 10.5 Å². The van der Waals surface area contributed by atoms with Gasteiger partial charge in [0.15, 0.2) is 0 Å². The molecule has 1 rings (SSSR count). The van der Waals surface area contributed by atoms with Crippen LogP contribution in [0.1, 0.15) is 26.2 Å². The van der Waals surface area contributed by atoms with Crippen LogP contribution in [-0.4, -0.2) is 12.2 Å². The average Bonchev–Trinajstić information content (AvgIpc) is 2.13. The number of hydrogen-bond acceptors (Lipinski definition) is 2. The van der Waals surface area contributed by atoms with Gasteiger partial charge in [-0.1, -0.05) is 6.92 Å². The summed E-state index contributed by atoms with van der Waals surface area (Å²) in [5.74, 6) is 0.685. The van der Waals surface area contributed by atoms with E-state index in [1.54, 1.807) is 0 Å². The first kappa shape index (κ1) is 7.38. The van der Waals surface area contributed by atoms with Gasteiger partial charge in [-0.25, -0.2) is 4.79 Å². The summed E-state index contributed by atoms with van der Waals surface area (Å²) in [5, 5.41) is 0. The monoisotopic (exact) mass is 143 g/mol. The number of rotatable bonds is 1. The molecule has 0 radical (unpaired) electrons. The van der Waals surface area contributed by atoms with Crippen molar-refractivity contribution in [2.45, 2.75) is 32.3 Å². The average molecular weight is 143 g/mol. The molecule has 0 aromatic carbocycles. The van der Waals surface area contributed by atoms with Crippen LogP contribution in [0.25, 0.3) is 0 Å². The standard InChI is InChI=1S/C7H13NO2/c1-5-2-3-6(4-5)10-7(8)9/h5-6H,2-4H2,1H3,(H2,8,9). The van der Waals surface area contributed by atoms with Crippen LogP contribution in [0.15, 0.2) is 0 Å². The van der Waals surface area contributed by atoms with Crippen LogP contribution in [-0.2, 0) is 4.74 Å². The van der Waals surface area contributed by atoms with Crippen LogP contribution >= 0.6 is 0 Å². The lowest BCUT2D eigenvalue weighted by atomic mass is 10.1. The molecular weight excluding hydrogens is 130 g/mol. The second kappa shape index (κ2) is 2.90. The summed E-state index contributed by atoms with van der Waals surface area (Å²) in [5.41, 5.74) is 4.86. The van der Waals surface area contributed by atoms with Gasteiger partial charge in [0.1, 0.15) is 6.10 Å². The quantitative estimate of drug-likeness (QED) is 0.601. The summed E-state index contributed by atoms with van der Waals surface area (Å²) in [6, 6.07) is 0. The number of carbonyl (C=O) groups excluding carboxylic acids is 1.